The Morgan fingerprint density at radius 3 is 2.94 bits per heavy atom. The second-order valence-electron chi connectivity index (χ2n) is 3.88. The monoisotopic (exact) mass is 246 g/mol. The van der Waals surface area contributed by atoms with Crippen molar-refractivity contribution in [1.29, 1.82) is 0 Å². The first-order valence-corrected chi connectivity index (χ1v) is 5.64. The average molecular weight is 246 g/mol. The smallest absolute Gasteiger partial charge is 0.335 e. The number of benzene rings is 1. The van der Waals surface area contributed by atoms with Gasteiger partial charge in [0.2, 0.25) is 0 Å². The quantitative estimate of drug-likeness (QED) is 0.900. The number of hydrogen-bond acceptors (Lipinski definition) is 3. The third-order valence-electron chi connectivity index (χ3n) is 2.65. The van der Waals surface area contributed by atoms with Gasteiger partial charge >= 0.3 is 12.0 Å². The van der Waals surface area contributed by atoms with Gasteiger partial charge in [0.1, 0.15) is 5.75 Å². The summed E-state index contributed by atoms with van der Waals surface area (Å²) in [5.74, 6) is -0.463. The van der Waals surface area contributed by atoms with E-state index in [1.807, 2.05) is 24.6 Å². The Morgan fingerprint density at radius 1 is 1.50 bits per heavy atom. The molecule has 0 aliphatic heterocycles. The molecule has 0 atom stereocenters. The third kappa shape index (κ3) is 2.34. The number of carboxylic acids is 1. The van der Waals surface area contributed by atoms with Gasteiger partial charge < -0.3 is 14.4 Å². The molecule has 0 saturated heterocycles. The molecule has 5 nitrogen and oxygen atoms in total. The summed E-state index contributed by atoms with van der Waals surface area (Å²) < 4.78 is 7.49. The van der Waals surface area contributed by atoms with E-state index in [0.29, 0.717) is 11.8 Å². The standard InChI is InChI=1S/C13H14N2O3/c1-3-15-7-6-14-13(15)18-11-8-10(12(16)17)5-4-9(11)2/h4-8H,3H2,1-2H3,(H,16,17). The predicted octanol–water partition coefficient (Wildman–Crippen LogP) is 2.70. The number of carbonyl (C=O) groups is 1. The van der Waals surface area contributed by atoms with Gasteiger partial charge in [-0.1, -0.05) is 6.07 Å². The van der Waals surface area contributed by atoms with Gasteiger partial charge in [0.05, 0.1) is 5.56 Å². The second-order valence-corrected chi connectivity index (χ2v) is 3.88. The number of imidazole rings is 1. The molecule has 2 rings (SSSR count). The van der Waals surface area contributed by atoms with Crippen LogP contribution >= 0.6 is 0 Å². The first-order valence-electron chi connectivity index (χ1n) is 5.64. The van der Waals surface area contributed by atoms with Crippen LogP contribution in [-0.4, -0.2) is 20.6 Å². The number of ether oxygens (including phenoxy) is 1. The van der Waals surface area contributed by atoms with Crippen LogP contribution in [-0.2, 0) is 6.54 Å². The zero-order valence-electron chi connectivity index (χ0n) is 10.3. The molecule has 0 saturated carbocycles. The van der Waals surface area contributed by atoms with E-state index in [9.17, 15) is 4.79 Å². The van der Waals surface area contributed by atoms with Gasteiger partial charge in [0.15, 0.2) is 0 Å². The Kier molecular flexibility index (Phi) is 3.32. The number of aryl methyl sites for hydroxylation is 2. The Hall–Kier alpha value is -2.30. The Morgan fingerprint density at radius 2 is 2.28 bits per heavy atom. The van der Waals surface area contributed by atoms with Crippen molar-refractivity contribution in [2.45, 2.75) is 20.4 Å². The van der Waals surface area contributed by atoms with Gasteiger partial charge in [-0.05, 0) is 31.5 Å². The van der Waals surface area contributed by atoms with Crippen molar-refractivity contribution >= 4 is 5.97 Å². The van der Waals surface area contributed by atoms with Crippen LogP contribution in [0.5, 0.6) is 11.8 Å². The van der Waals surface area contributed by atoms with Gasteiger partial charge in [-0.15, -0.1) is 0 Å². The number of nitrogens with zero attached hydrogens (tertiary/aromatic N) is 2. The minimum atomic E-state index is -0.973. The fourth-order valence-electron chi connectivity index (χ4n) is 1.58. The number of rotatable bonds is 4. The van der Waals surface area contributed by atoms with Gasteiger partial charge in [-0.2, -0.15) is 0 Å². The van der Waals surface area contributed by atoms with E-state index in [-0.39, 0.29) is 5.56 Å². The molecule has 18 heavy (non-hydrogen) atoms. The van der Waals surface area contributed by atoms with E-state index < -0.39 is 5.97 Å². The minimum absolute atomic E-state index is 0.199. The van der Waals surface area contributed by atoms with Crippen molar-refractivity contribution in [3.05, 3.63) is 41.7 Å². The summed E-state index contributed by atoms with van der Waals surface area (Å²) in [6.07, 6.45) is 3.46. The molecule has 94 valence electrons. The zero-order valence-corrected chi connectivity index (χ0v) is 10.3. The van der Waals surface area contributed by atoms with E-state index in [4.69, 9.17) is 9.84 Å². The lowest BCUT2D eigenvalue weighted by atomic mass is 10.1. The van der Waals surface area contributed by atoms with E-state index in [1.165, 1.54) is 6.07 Å². The highest BCUT2D eigenvalue weighted by atomic mass is 16.5. The van der Waals surface area contributed by atoms with Crippen LogP contribution in [0.1, 0.15) is 22.8 Å². The molecule has 0 spiro atoms. The minimum Gasteiger partial charge on any atom is -0.478 e. The first-order chi connectivity index (χ1) is 8.61. The van der Waals surface area contributed by atoms with Crippen LogP contribution in [0.4, 0.5) is 0 Å². The lowest BCUT2D eigenvalue weighted by molar-refractivity contribution is 0.0696. The number of aromatic nitrogens is 2. The van der Waals surface area contributed by atoms with Crippen LogP contribution in [0.15, 0.2) is 30.6 Å². The van der Waals surface area contributed by atoms with Crippen LogP contribution in [0, 0.1) is 6.92 Å². The van der Waals surface area contributed by atoms with E-state index in [0.717, 1.165) is 12.1 Å². The topological polar surface area (TPSA) is 64.4 Å². The second kappa shape index (κ2) is 4.91. The highest BCUT2D eigenvalue weighted by molar-refractivity contribution is 5.88. The summed E-state index contributed by atoms with van der Waals surface area (Å²) in [6, 6.07) is 5.24. The molecule has 0 amide bonds. The molecule has 0 unspecified atom stereocenters. The van der Waals surface area contributed by atoms with Crippen LogP contribution in [0.25, 0.3) is 0 Å². The van der Waals surface area contributed by atoms with Crippen molar-refractivity contribution in [1.82, 2.24) is 9.55 Å². The van der Waals surface area contributed by atoms with E-state index in [1.54, 1.807) is 18.3 Å². The normalized spacial score (nSPS) is 10.3. The van der Waals surface area contributed by atoms with Crippen LogP contribution in [0.3, 0.4) is 0 Å². The maximum absolute atomic E-state index is 10.9. The molecular formula is C13H14N2O3. The predicted molar refractivity (Wildman–Crippen MR) is 66.1 cm³/mol. The van der Waals surface area contributed by atoms with Crippen molar-refractivity contribution in [3.8, 4) is 11.8 Å². The molecule has 0 aliphatic rings. The molecule has 0 bridgehead atoms. The van der Waals surface area contributed by atoms with Gasteiger partial charge in [-0.3, -0.25) is 0 Å². The lowest BCUT2D eigenvalue weighted by Gasteiger charge is -2.09. The largest absolute Gasteiger partial charge is 0.478 e. The SMILES string of the molecule is CCn1ccnc1Oc1cc(C(=O)O)ccc1C. The number of hydrogen-bond donors (Lipinski definition) is 1. The molecule has 0 aliphatic carbocycles. The molecular weight excluding hydrogens is 232 g/mol. The Bertz CT molecular complexity index is 575. The Labute approximate surface area is 105 Å². The molecule has 0 radical (unpaired) electrons. The van der Waals surface area contributed by atoms with Crippen molar-refractivity contribution in [3.63, 3.8) is 0 Å². The first kappa shape index (κ1) is 12.2. The summed E-state index contributed by atoms with van der Waals surface area (Å²) in [5, 5.41) is 8.95. The van der Waals surface area contributed by atoms with Gasteiger partial charge in [0, 0.05) is 18.9 Å². The molecule has 5 heteroatoms. The summed E-state index contributed by atoms with van der Waals surface area (Å²) >= 11 is 0. The Balaban J connectivity index is 2.33. The summed E-state index contributed by atoms with van der Waals surface area (Å²) in [6.45, 7) is 4.59. The molecule has 0 fully saturated rings. The van der Waals surface area contributed by atoms with Crippen molar-refractivity contribution in [2.75, 3.05) is 0 Å². The number of aromatic carboxylic acids is 1. The average Bonchev–Trinajstić information content (AvgIpc) is 2.79. The van der Waals surface area contributed by atoms with Gasteiger partial charge in [0.25, 0.3) is 0 Å². The van der Waals surface area contributed by atoms with Crippen molar-refractivity contribution in [2.24, 2.45) is 0 Å². The van der Waals surface area contributed by atoms with E-state index in [2.05, 4.69) is 4.98 Å². The maximum Gasteiger partial charge on any atom is 0.335 e. The summed E-state index contributed by atoms with van der Waals surface area (Å²) in [4.78, 5) is 15.0. The fourth-order valence-corrected chi connectivity index (χ4v) is 1.58. The molecule has 1 N–H and O–H groups in total. The van der Waals surface area contributed by atoms with Crippen molar-refractivity contribution < 1.29 is 14.6 Å². The fraction of sp³-hybridized carbons (Fsp3) is 0.231. The van der Waals surface area contributed by atoms with Crippen LogP contribution < -0.4 is 4.74 Å². The molecule has 1 heterocycles. The molecule has 2 aromatic rings. The molecule has 1 aromatic carbocycles. The van der Waals surface area contributed by atoms with E-state index >= 15 is 0 Å². The highest BCUT2D eigenvalue weighted by Gasteiger charge is 2.10. The molecule has 1 aromatic heterocycles. The summed E-state index contributed by atoms with van der Waals surface area (Å²) in [7, 11) is 0. The lowest BCUT2D eigenvalue weighted by Crippen LogP contribution is -2.01. The van der Waals surface area contributed by atoms with Gasteiger partial charge in [-0.25, -0.2) is 9.78 Å². The third-order valence-corrected chi connectivity index (χ3v) is 2.65. The maximum atomic E-state index is 10.9. The number of carboxylic acid groups (broad SMARTS) is 1. The van der Waals surface area contributed by atoms with Crippen LogP contribution in [0.2, 0.25) is 0 Å². The summed E-state index contributed by atoms with van der Waals surface area (Å²) in [5.41, 5.74) is 1.07. The zero-order chi connectivity index (χ0) is 13.1. The highest BCUT2D eigenvalue weighted by Crippen LogP contribution is 2.25.